The third-order valence-electron chi connectivity index (χ3n) is 6.06. The molecule has 5 nitrogen and oxygen atoms in total. The Labute approximate surface area is 177 Å². The van der Waals surface area contributed by atoms with Crippen molar-refractivity contribution >= 4 is 17.2 Å². The van der Waals surface area contributed by atoms with E-state index < -0.39 is 0 Å². The highest BCUT2D eigenvalue weighted by Gasteiger charge is 2.26. The van der Waals surface area contributed by atoms with Gasteiger partial charge in [-0.15, -0.1) is 11.3 Å². The lowest BCUT2D eigenvalue weighted by atomic mass is 9.90. The van der Waals surface area contributed by atoms with Crippen molar-refractivity contribution in [3.05, 3.63) is 51.0 Å². The SMILES string of the molecule is Cc1nc(C)c(C(=O)N2CCC(Cc3ccc(CN4CCOCC4)cc3)CC2)s1. The van der Waals surface area contributed by atoms with Crippen LogP contribution in [0.3, 0.4) is 0 Å². The van der Waals surface area contributed by atoms with Crippen LogP contribution >= 0.6 is 11.3 Å². The number of aromatic nitrogens is 1. The van der Waals surface area contributed by atoms with Crippen LogP contribution in [0.2, 0.25) is 0 Å². The summed E-state index contributed by atoms with van der Waals surface area (Å²) in [6.07, 6.45) is 3.27. The quantitative estimate of drug-likeness (QED) is 0.750. The molecule has 2 fully saturated rings. The van der Waals surface area contributed by atoms with Crippen LogP contribution in [0.5, 0.6) is 0 Å². The minimum Gasteiger partial charge on any atom is -0.379 e. The predicted molar refractivity (Wildman–Crippen MR) is 116 cm³/mol. The number of carbonyl (C=O) groups is 1. The number of carbonyl (C=O) groups excluding carboxylic acids is 1. The smallest absolute Gasteiger partial charge is 0.265 e. The van der Waals surface area contributed by atoms with Gasteiger partial charge in [0.15, 0.2) is 0 Å². The number of rotatable bonds is 5. The molecule has 156 valence electrons. The molecule has 29 heavy (non-hydrogen) atoms. The zero-order valence-electron chi connectivity index (χ0n) is 17.5. The fraction of sp³-hybridized carbons (Fsp3) is 0.565. The maximum atomic E-state index is 12.8. The van der Waals surface area contributed by atoms with Gasteiger partial charge in [-0.1, -0.05) is 24.3 Å². The number of thiazole rings is 1. The van der Waals surface area contributed by atoms with E-state index in [-0.39, 0.29) is 5.91 Å². The zero-order valence-corrected chi connectivity index (χ0v) is 18.3. The van der Waals surface area contributed by atoms with E-state index in [1.807, 2.05) is 18.7 Å². The summed E-state index contributed by atoms with van der Waals surface area (Å²) in [5.41, 5.74) is 3.66. The summed E-state index contributed by atoms with van der Waals surface area (Å²) in [5, 5.41) is 0.970. The second kappa shape index (κ2) is 9.37. The molecule has 2 aliphatic heterocycles. The molecule has 2 aromatic rings. The van der Waals surface area contributed by atoms with Crippen LogP contribution in [0.25, 0.3) is 0 Å². The van der Waals surface area contributed by atoms with Crippen LogP contribution in [0, 0.1) is 19.8 Å². The van der Waals surface area contributed by atoms with Gasteiger partial charge in [0.1, 0.15) is 4.88 Å². The van der Waals surface area contributed by atoms with E-state index in [1.54, 1.807) is 0 Å². The van der Waals surface area contributed by atoms with Gasteiger partial charge >= 0.3 is 0 Å². The number of hydrogen-bond donors (Lipinski definition) is 0. The predicted octanol–water partition coefficient (Wildman–Crippen LogP) is 3.69. The fourth-order valence-corrected chi connectivity index (χ4v) is 5.23. The van der Waals surface area contributed by atoms with Crippen LogP contribution < -0.4 is 0 Å². The van der Waals surface area contributed by atoms with Crippen LogP contribution in [-0.2, 0) is 17.7 Å². The number of likely N-dealkylation sites (tertiary alicyclic amines) is 1. The normalized spacial score (nSPS) is 18.9. The Hall–Kier alpha value is -1.76. The molecule has 0 atom stereocenters. The molecule has 0 spiro atoms. The highest BCUT2D eigenvalue weighted by molar-refractivity contribution is 7.13. The molecule has 2 saturated heterocycles. The summed E-state index contributed by atoms with van der Waals surface area (Å²) in [4.78, 5) is 22.5. The lowest BCUT2D eigenvalue weighted by molar-refractivity contribution is 0.0342. The molecular weight excluding hydrogens is 382 g/mol. The van der Waals surface area contributed by atoms with Crippen molar-refractivity contribution in [2.45, 2.75) is 39.7 Å². The second-order valence-corrected chi connectivity index (χ2v) is 9.50. The van der Waals surface area contributed by atoms with Crippen molar-refractivity contribution < 1.29 is 9.53 Å². The minimum atomic E-state index is 0.166. The Morgan fingerprint density at radius 2 is 1.72 bits per heavy atom. The first kappa shape index (κ1) is 20.5. The molecule has 0 radical (unpaired) electrons. The number of ether oxygens (including phenoxy) is 1. The summed E-state index contributed by atoms with van der Waals surface area (Å²) in [7, 11) is 0. The third-order valence-corrected chi connectivity index (χ3v) is 7.12. The van der Waals surface area contributed by atoms with Gasteiger partial charge in [0, 0.05) is 32.7 Å². The highest BCUT2D eigenvalue weighted by Crippen LogP contribution is 2.25. The average Bonchev–Trinajstić information content (AvgIpc) is 3.08. The first-order valence-corrected chi connectivity index (χ1v) is 11.5. The summed E-state index contributed by atoms with van der Waals surface area (Å²) in [6.45, 7) is 10.4. The molecule has 0 unspecified atom stereocenters. The molecule has 0 aliphatic carbocycles. The monoisotopic (exact) mass is 413 g/mol. The Balaban J connectivity index is 1.26. The Kier molecular flexibility index (Phi) is 6.63. The number of benzene rings is 1. The molecule has 3 heterocycles. The lowest BCUT2D eigenvalue weighted by Gasteiger charge is -2.32. The van der Waals surface area contributed by atoms with Gasteiger partial charge in [-0.2, -0.15) is 0 Å². The van der Waals surface area contributed by atoms with Gasteiger partial charge in [-0.25, -0.2) is 4.98 Å². The molecule has 0 saturated carbocycles. The van der Waals surface area contributed by atoms with Gasteiger partial charge in [0.05, 0.1) is 23.9 Å². The van der Waals surface area contributed by atoms with Crippen molar-refractivity contribution in [3.63, 3.8) is 0 Å². The summed E-state index contributed by atoms with van der Waals surface area (Å²) >= 11 is 1.52. The summed E-state index contributed by atoms with van der Waals surface area (Å²) in [6, 6.07) is 9.13. The molecule has 4 rings (SSSR count). The van der Waals surface area contributed by atoms with Gasteiger partial charge in [0.25, 0.3) is 5.91 Å². The number of morpholine rings is 1. The highest BCUT2D eigenvalue weighted by atomic mass is 32.1. The minimum absolute atomic E-state index is 0.166. The van der Waals surface area contributed by atoms with Crippen LogP contribution in [0.4, 0.5) is 0 Å². The van der Waals surface area contributed by atoms with E-state index in [4.69, 9.17) is 4.74 Å². The molecule has 1 amide bonds. The Bertz CT molecular complexity index is 819. The van der Waals surface area contributed by atoms with Crippen LogP contribution in [-0.4, -0.2) is 60.1 Å². The first-order chi connectivity index (χ1) is 14.1. The molecule has 1 aromatic carbocycles. The largest absolute Gasteiger partial charge is 0.379 e. The second-order valence-electron chi connectivity index (χ2n) is 8.29. The van der Waals surface area contributed by atoms with Gasteiger partial charge in [0.2, 0.25) is 0 Å². The molecule has 0 bridgehead atoms. The van der Waals surface area contributed by atoms with Gasteiger partial charge in [-0.05, 0) is 50.2 Å². The Morgan fingerprint density at radius 3 is 2.34 bits per heavy atom. The molecular formula is C23H31N3O2S. The van der Waals surface area contributed by atoms with Crippen molar-refractivity contribution in [1.29, 1.82) is 0 Å². The van der Waals surface area contributed by atoms with E-state index in [2.05, 4.69) is 34.1 Å². The number of piperidine rings is 1. The van der Waals surface area contributed by atoms with E-state index in [0.717, 1.165) is 80.8 Å². The number of nitrogens with zero attached hydrogens (tertiary/aromatic N) is 3. The zero-order chi connectivity index (χ0) is 20.2. The van der Waals surface area contributed by atoms with Gasteiger partial charge in [-0.3, -0.25) is 9.69 Å². The molecule has 0 N–H and O–H groups in total. The maximum Gasteiger partial charge on any atom is 0.265 e. The summed E-state index contributed by atoms with van der Waals surface area (Å²) in [5.74, 6) is 0.826. The molecule has 6 heteroatoms. The summed E-state index contributed by atoms with van der Waals surface area (Å²) < 4.78 is 5.43. The van der Waals surface area contributed by atoms with Gasteiger partial charge < -0.3 is 9.64 Å². The Morgan fingerprint density at radius 1 is 1.07 bits per heavy atom. The molecule has 2 aliphatic rings. The third kappa shape index (κ3) is 5.24. The molecule has 1 aromatic heterocycles. The van der Waals surface area contributed by atoms with Crippen LogP contribution in [0.15, 0.2) is 24.3 Å². The number of aryl methyl sites for hydroxylation is 2. The van der Waals surface area contributed by atoms with E-state index in [9.17, 15) is 4.79 Å². The number of hydrogen-bond acceptors (Lipinski definition) is 5. The number of amides is 1. The first-order valence-electron chi connectivity index (χ1n) is 10.7. The van der Waals surface area contributed by atoms with Crippen LogP contribution in [0.1, 0.15) is 44.3 Å². The maximum absolute atomic E-state index is 12.8. The van der Waals surface area contributed by atoms with Crippen molar-refractivity contribution in [3.8, 4) is 0 Å². The van der Waals surface area contributed by atoms with Crippen molar-refractivity contribution in [1.82, 2.24) is 14.8 Å². The average molecular weight is 414 g/mol. The lowest BCUT2D eigenvalue weighted by Crippen LogP contribution is -2.38. The topological polar surface area (TPSA) is 45.7 Å². The van der Waals surface area contributed by atoms with Crippen molar-refractivity contribution in [2.24, 2.45) is 5.92 Å². The van der Waals surface area contributed by atoms with E-state index in [0.29, 0.717) is 5.92 Å². The van der Waals surface area contributed by atoms with E-state index >= 15 is 0 Å². The van der Waals surface area contributed by atoms with Crippen molar-refractivity contribution in [2.75, 3.05) is 39.4 Å². The fourth-order valence-electron chi connectivity index (χ4n) is 4.35. The van der Waals surface area contributed by atoms with E-state index in [1.165, 1.54) is 22.5 Å². The standard InChI is InChI=1S/C23H31N3O2S/c1-17-22(29-18(2)24-17)23(27)26-9-7-20(8-10-26)15-19-3-5-21(6-4-19)16-25-11-13-28-14-12-25/h3-6,20H,7-16H2,1-2H3.